The maximum Gasteiger partial charge on any atom is 0.224 e. The zero-order chi connectivity index (χ0) is 22.5. The van der Waals surface area contributed by atoms with Crippen molar-refractivity contribution in [3.05, 3.63) is 64.7 Å². The molecule has 6 nitrogen and oxygen atoms in total. The molecule has 0 amide bonds. The summed E-state index contributed by atoms with van der Waals surface area (Å²) in [7, 11) is 1.34. The summed E-state index contributed by atoms with van der Waals surface area (Å²) in [6.07, 6.45) is -1.08. The quantitative estimate of drug-likeness (QED) is 0.540. The lowest BCUT2D eigenvalue weighted by atomic mass is 9.88. The van der Waals surface area contributed by atoms with Crippen molar-refractivity contribution in [3.8, 4) is 5.75 Å². The Kier molecular flexibility index (Phi) is 8.67. The monoisotopic (exact) mass is 438 g/mol. The van der Waals surface area contributed by atoms with Gasteiger partial charge in [0.05, 0.1) is 12.7 Å². The SMILES string of the molecule is C=C(/C=C\C(Cl)=C(/C)Cc1ccc(OCC)cc1)[C@]1(OC)O[C@H](C)[C@@H](O)[C@H](O)[C@H]1O. The molecule has 1 aromatic carbocycles. The number of aliphatic hydroxyl groups is 3. The zero-order valence-corrected chi connectivity index (χ0v) is 18.6. The highest BCUT2D eigenvalue weighted by Gasteiger charge is 2.54. The standard InChI is InChI=1S/C23H31ClO6/c1-6-29-18-10-8-17(9-11-18)13-14(2)19(24)12-7-15(3)23(28-5)22(27)21(26)20(25)16(4)30-23/h7-12,16,20-22,25-27H,3,6,13H2,1-2,4-5H3/b12-7-,19-14-/t16-,20-,21+,22-,23+/m1/s1. The lowest BCUT2D eigenvalue weighted by Gasteiger charge is -2.47. The smallest absolute Gasteiger partial charge is 0.224 e. The Morgan fingerprint density at radius 2 is 1.83 bits per heavy atom. The number of hydrogen-bond donors (Lipinski definition) is 3. The first-order valence-corrected chi connectivity index (χ1v) is 10.3. The average molecular weight is 439 g/mol. The minimum atomic E-state index is -1.69. The van der Waals surface area contributed by atoms with Crippen molar-refractivity contribution in [3.63, 3.8) is 0 Å². The number of aliphatic hydroxyl groups excluding tert-OH is 3. The molecule has 3 N–H and O–H groups in total. The van der Waals surface area contributed by atoms with Crippen molar-refractivity contribution in [2.45, 2.75) is 57.4 Å². The molecule has 1 saturated heterocycles. The minimum absolute atomic E-state index is 0.266. The molecule has 0 unspecified atom stereocenters. The Morgan fingerprint density at radius 1 is 1.20 bits per heavy atom. The molecule has 1 fully saturated rings. The van der Waals surface area contributed by atoms with Gasteiger partial charge in [0, 0.05) is 17.7 Å². The van der Waals surface area contributed by atoms with E-state index in [1.165, 1.54) is 7.11 Å². The van der Waals surface area contributed by atoms with Gasteiger partial charge < -0.3 is 29.5 Å². The third kappa shape index (κ3) is 5.32. The fourth-order valence-electron chi connectivity index (χ4n) is 3.36. The minimum Gasteiger partial charge on any atom is -0.494 e. The number of benzene rings is 1. The maximum atomic E-state index is 10.5. The third-order valence-electron chi connectivity index (χ3n) is 5.20. The number of methoxy groups -OCH3 is 1. The van der Waals surface area contributed by atoms with Crippen LogP contribution in [0.1, 0.15) is 26.3 Å². The summed E-state index contributed by atoms with van der Waals surface area (Å²) in [5.74, 6) is -0.864. The number of hydrogen-bond acceptors (Lipinski definition) is 6. The summed E-state index contributed by atoms with van der Waals surface area (Å²) in [5, 5.41) is 31.1. The first-order chi connectivity index (χ1) is 14.2. The second-order valence-electron chi connectivity index (χ2n) is 7.36. The van der Waals surface area contributed by atoms with Crippen LogP contribution in [0.4, 0.5) is 0 Å². The van der Waals surface area contributed by atoms with E-state index >= 15 is 0 Å². The number of halogens is 1. The van der Waals surface area contributed by atoms with E-state index in [1.807, 2.05) is 38.1 Å². The Labute approximate surface area is 183 Å². The van der Waals surface area contributed by atoms with E-state index in [-0.39, 0.29) is 5.57 Å². The van der Waals surface area contributed by atoms with E-state index < -0.39 is 30.2 Å². The van der Waals surface area contributed by atoms with Gasteiger partial charge >= 0.3 is 0 Å². The van der Waals surface area contributed by atoms with Crippen LogP contribution in [0.2, 0.25) is 0 Å². The average Bonchev–Trinajstić information content (AvgIpc) is 2.74. The van der Waals surface area contributed by atoms with Crippen molar-refractivity contribution in [2.75, 3.05) is 13.7 Å². The molecular formula is C23H31ClO6. The molecule has 0 aliphatic carbocycles. The maximum absolute atomic E-state index is 10.5. The molecule has 1 aromatic rings. The molecule has 0 radical (unpaired) electrons. The first-order valence-electron chi connectivity index (χ1n) is 9.87. The summed E-state index contributed by atoms with van der Waals surface area (Å²) in [4.78, 5) is 0. The van der Waals surface area contributed by atoms with Gasteiger partial charge in [-0.15, -0.1) is 0 Å². The fraction of sp³-hybridized carbons (Fsp3) is 0.478. The third-order valence-corrected chi connectivity index (χ3v) is 5.65. The lowest BCUT2D eigenvalue weighted by molar-refractivity contribution is -0.332. The van der Waals surface area contributed by atoms with Crippen LogP contribution in [0.5, 0.6) is 5.75 Å². The van der Waals surface area contributed by atoms with E-state index in [0.29, 0.717) is 18.1 Å². The van der Waals surface area contributed by atoms with Crippen LogP contribution in [-0.2, 0) is 15.9 Å². The molecule has 0 spiro atoms. The van der Waals surface area contributed by atoms with Crippen molar-refractivity contribution in [1.82, 2.24) is 0 Å². The summed E-state index contributed by atoms with van der Waals surface area (Å²) in [5.41, 5.74) is 2.29. The Bertz CT molecular complexity index is 787. The predicted octanol–water partition coefficient (Wildman–Crippen LogP) is 3.10. The second kappa shape index (κ2) is 10.6. The summed E-state index contributed by atoms with van der Waals surface area (Å²) in [6.45, 7) is 9.99. The topological polar surface area (TPSA) is 88.4 Å². The van der Waals surface area contributed by atoms with Crippen LogP contribution >= 0.6 is 11.6 Å². The molecule has 0 bridgehead atoms. The molecule has 1 aliphatic rings. The molecule has 166 valence electrons. The van der Waals surface area contributed by atoms with Crippen LogP contribution in [0.3, 0.4) is 0 Å². The summed E-state index contributed by atoms with van der Waals surface area (Å²) < 4.78 is 16.5. The van der Waals surface area contributed by atoms with E-state index in [9.17, 15) is 15.3 Å². The van der Waals surface area contributed by atoms with Crippen LogP contribution in [0, 0.1) is 0 Å². The highest BCUT2D eigenvalue weighted by Crippen LogP contribution is 2.36. The molecule has 30 heavy (non-hydrogen) atoms. The molecule has 1 aliphatic heterocycles. The van der Waals surface area contributed by atoms with E-state index in [1.54, 1.807) is 19.1 Å². The van der Waals surface area contributed by atoms with Gasteiger partial charge in [0.25, 0.3) is 0 Å². The van der Waals surface area contributed by atoms with Gasteiger partial charge in [0.15, 0.2) is 0 Å². The van der Waals surface area contributed by atoms with E-state index in [4.69, 9.17) is 25.8 Å². The Hall–Kier alpha value is -1.67. The molecular weight excluding hydrogens is 408 g/mol. The fourth-order valence-corrected chi connectivity index (χ4v) is 3.49. The van der Waals surface area contributed by atoms with Crippen LogP contribution in [0.25, 0.3) is 0 Å². The van der Waals surface area contributed by atoms with Crippen molar-refractivity contribution >= 4 is 11.6 Å². The van der Waals surface area contributed by atoms with Crippen molar-refractivity contribution in [1.29, 1.82) is 0 Å². The van der Waals surface area contributed by atoms with Gasteiger partial charge in [-0.1, -0.05) is 42.0 Å². The predicted molar refractivity (Wildman–Crippen MR) is 116 cm³/mol. The van der Waals surface area contributed by atoms with Crippen LogP contribution in [0.15, 0.2) is 59.2 Å². The van der Waals surface area contributed by atoms with E-state index in [2.05, 4.69) is 6.58 Å². The normalized spacial score (nSPS) is 30.3. The summed E-state index contributed by atoms with van der Waals surface area (Å²) in [6, 6.07) is 7.81. The van der Waals surface area contributed by atoms with Crippen molar-refractivity contribution in [2.24, 2.45) is 0 Å². The Balaban J connectivity index is 2.14. The molecule has 0 saturated carbocycles. The molecule has 7 heteroatoms. The molecule has 2 rings (SSSR count). The molecule has 0 aromatic heterocycles. The highest BCUT2D eigenvalue weighted by atomic mass is 35.5. The summed E-state index contributed by atoms with van der Waals surface area (Å²) >= 11 is 6.44. The Morgan fingerprint density at radius 3 is 2.40 bits per heavy atom. The second-order valence-corrected chi connectivity index (χ2v) is 7.77. The van der Waals surface area contributed by atoms with Gasteiger partial charge in [-0.2, -0.15) is 0 Å². The molecule has 1 heterocycles. The number of ether oxygens (including phenoxy) is 3. The number of allylic oxidation sites excluding steroid dienone is 3. The number of rotatable bonds is 8. The highest BCUT2D eigenvalue weighted by molar-refractivity contribution is 6.31. The molecule has 5 atom stereocenters. The van der Waals surface area contributed by atoms with E-state index in [0.717, 1.165) is 16.9 Å². The van der Waals surface area contributed by atoms with Crippen molar-refractivity contribution < 1.29 is 29.5 Å². The van der Waals surface area contributed by atoms with Crippen LogP contribution < -0.4 is 4.74 Å². The zero-order valence-electron chi connectivity index (χ0n) is 17.8. The van der Waals surface area contributed by atoms with Gasteiger partial charge in [0.1, 0.15) is 24.1 Å². The van der Waals surface area contributed by atoms with Gasteiger partial charge in [-0.05, 0) is 51.0 Å². The lowest BCUT2D eigenvalue weighted by Crippen LogP contribution is -2.65. The largest absolute Gasteiger partial charge is 0.494 e. The first kappa shape index (κ1) is 24.6. The van der Waals surface area contributed by atoms with Gasteiger partial charge in [0.2, 0.25) is 5.79 Å². The van der Waals surface area contributed by atoms with Crippen LogP contribution in [-0.4, -0.2) is 59.2 Å². The van der Waals surface area contributed by atoms with Gasteiger partial charge in [-0.3, -0.25) is 0 Å². The van der Waals surface area contributed by atoms with Gasteiger partial charge in [-0.25, -0.2) is 0 Å².